The fourth-order valence-electron chi connectivity index (χ4n) is 1.48. The molecule has 2 atom stereocenters. The molecule has 82 valence electrons. The van der Waals surface area contributed by atoms with Crippen molar-refractivity contribution in [3.8, 4) is 0 Å². The van der Waals surface area contributed by atoms with E-state index < -0.39 is 5.97 Å². The van der Waals surface area contributed by atoms with Crippen LogP contribution in [0.4, 0.5) is 0 Å². The monoisotopic (exact) mass is 199 g/mol. The molecule has 0 aliphatic rings. The summed E-state index contributed by atoms with van der Waals surface area (Å²) in [6, 6.07) is 0. The first-order chi connectivity index (χ1) is 6.60. The van der Waals surface area contributed by atoms with Gasteiger partial charge in [0.2, 0.25) is 0 Å². The molecule has 0 fully saturated rings. The van der Waals surface area contributed by atoms with Crippen LogP contribution in [0.5, 0.6) is 0 Å². The van der Waals surface area contributed by atoms with Crippen molar-refractivity contribution in [3.05, 3.63) is 12.2 Å². The predicted octanol–water partition coefficient (Wildman–Crippen LogP) is 2.03. The van der Waals surface area contributed by atoms with Crippen LogP contribution in [-0.4, -0.2) is 17.6 Å². The highest BCUT2D eigenvalue weighted by molar-refractivity contribution is 5.67. The van der Waals surface area contributed by atoms with Crippen LogP contribution in [0.3, 0.4) is 0 Å². The first-order valence-electron chi connectivity index (χ1n) is 5.18. The summed E-state index contributed by atoms with van der Waals surface area (Å²) in [6.45, 7) is 4.63. The maximum absolute atomic E-state index is 10.5. The minimum Gasteiger partial charge on any atom is -0.481 e. The van der Waals surface area contributed by atoms with Gasteiger partial charge in [0.05, 0.1) is 0 Å². The number of carbonyl (C=O) groups is 1. The van der Waals surface area contributed by atoms with Crippen molar-refractivity contribution < 1.29 is 9.90 Å². The highest BCUT2D eigenvalue weighted by Gasteiger charge is 2.13. The minimum atomic E-state index is -0.757. The normalized spacial score (nSPS) is 15.6. The van der Waals surface area contributed by atoms with Gasteiger partial charge in [-0.2, -0.15) is 0 Å². The Morgan fingerprint density at radius 3 is 2.64 bits per heavy atom. The Labute approximate surface area is 86.0 Å². The van der Waals surface area contributed by atoms with Crippen LogP contribution in [-0.2, 0) is 4.79 Å². The fourth-order valence-corrected chi connectivity index (χ4v) is 1.48. The zero-order chi connectivity index (χ0) is 11.0. The van der Waals surface area contributed by atoms with Crippen molar-refractivity contribution in [2.75, 3.05) is 6.54 Å². The van der Waals surface area contributed by atoms with E-state index in [0.29, 0.717) is 12.5 Å². The predicted molar refractivity (Wildman–Crippen MR) is 58.0 cm³/mol. The molecule has 0 aromatic heterocycles. The van der Waals surface area contributed by atoms with Gasteiger partial charge in [-0.15, -0.1) is 0 Å². The summed E-state index contributed by atoms with van der Waals surface area (Å²) in [5.74, 6) is -0.237. The third-order valence-corrected chi connectivity index (χ3v) is 2.20. The standard InChI is InChI=1S/C11H21NO2/c1-3-4-5-9(2)6-10(8-12)7-11(13)14/h4-5,9-10H,3,6-8,12H2,1-2H3,(H,13,14)/b5-4+/t9?,10-/m0/s1. The molecule has 0 aromatic carbocycles. The van der Waals surface area contributed by atoms with Crippen LogP contribution in [0.25, 0.3) is 0 Å². The maximum atomic E-state index is 10.5. The molecule has 0 saturated carbocycles. The van der Waals surface area contributed by atoms with Crippen molar-refractivity contribution in [2.45, 2.75) is 33.1 Å². The minimum absolute atomic E-state index is 0.101. The molecule has 0 aliphatic heterocycles. The van der Waals surface area contributed by atoms with Crippen LogP contribution >= 0.6 is 0 Å². The third kappa shape index (κ3) is 6.66. The molecule has 0 rings (SSSR count). The second-order valence-electron chi connectivity index (χ2n) is 3.75. The van der Waals surface area contributed by atoms with E-state index in [2.05, 4.69) is 26.0 Å². The van der Waals surface area contributed by atoms with E-state index in [-0.39, 0.29) is 12.3 Å². The van der Waals surface area contributed by atoms with E-state index in [0.717, 1.165) is 12.8 Å². The van der Waals surface area contributed by atoms with Crippen LogP contribution in [0.1, 0.15) is 33.1 Å². The zero-order valence-corrected chi connectivity index (χ0v) is 9.07. The molecule has 14 heavy (non-hydrogen) atoms. The van der Waals surface area contributed by atoms with E-state index in [1.54, 1.807) is 0 Å². The number of hydrogen-bond donors (Lipinski definition) is 2. The molecule has 3 heteroatoms. The summed E-state index contributed by atoms with van der Waals surface area (Å²) in [7, 11) is 0. The van der Waals surface area contributed by atoms with Gasteiger partial charge < -0.3 is 10.8 Å². The Kier molecular flexibility index (Phi) is 7.11. The number of nitrogens with two attached hydrogens (primary N) is 1. The average molecular weight is 199 g/mol. The largest absolute Gasteiger partial charge is 0.481 e. The fraction of sp³-hybridized carbons (Fsp3) is 0.727. The molecule has 0 saturated heterocycles. The number of carboxylic acids is 1. The van der Waals surface area contributed by atoms with Crippen molar-refractivity contribution >= 4 is 5.97 Å². The molecule has 1 unspecified atom stereocenters. The van der Waals surface area contributed by atoms with E-state index in [1.165, 1.54) is 0 Å². The summed E-state index contributed by atoms with van der Waals surface area (Å²) >= 11 is 0. The van der Waals surface area contributed by atoms with Crippen molar-refractivity contribution in [1.29, 1.82) is 0 Å². The average Bonchev–Trinajstić information content (AvgIpc) is 2.12. The molecule has 3 nitrogen and oxygen atoms in total. The first-order valence-corrected chi connectivity index (χ1v) is 5.18. The lowest BCUT2D eigenvalue weighted by Gasteiger charge is -2.15. The molecule has 0 radical (unpaired) electrons. The SMILES string of the molecule is CC/C=C/C(C)C[C@H](CN)CC(=O)O. The molecule has 0 aromatic rings. The van der Waals surface area contributed by atoms with Crippen LogP contribution < -0.4 is 5.73 Å². The first kappa shape index (κ1) is 13.2. The Bertz CT molecular complexity index is 190. The van der Waals surface area contributed by atoms with Crippen LogP contribution in [0.2, 0.25) is 0 Å². The van der Waals surface area contributed by atoms with Gasteiger partial charge in [0.15, 0.2) is 0 Å². The summed E-state index contributed by atoms with van der Waals surface area (Å²) in [6.07, 6.45) is 6.31. The third-order valence-electron chi connectivity index (χ3n) is 2.20. The molecule has 0 amide bonds. The number of rotatable bonds is 7. The van der Waals surface area contributed by atoms with Gasteiger partial charge in [0, 0.05) is 6.42 Å². The zero-order valence-electron chi connectivity index (χ0n) is 9.07. The summed E-state index contributed by atoms with van der Waals surface area (Å²) in [5.41, 5.74) is 5.51. The molecule has 0 bridgehead atoms. The molecule has 0 aliphatic carbocycles. The summed E-state index contributed by atoms with van der Waals surface area (Å²) < 4.78 is 0. The van der Waals surface area contributed by atoms with E-state index in [4.69, 9.17) is 10.8 Å². The lowest BCUT2D eigenvalue weighted by atomic mass is 9.93. The highest BCUT2D eigenvalue weighted by atomic mass is 16.4. The van der Waals surface area contributed by atoms with Gasteiger partial charge >= 0.3 is 5.97 Å². The molecular formula is C11H21NO2. The number of hydrogen-bond acceptors (Lipinski definition) is 2. The quantitative estimate of drug-likeness (QED) is 0.617. The summed E-state index contributed by atoms with van der Waals surface area (Å²) in [5, 5.41) is 8.63. The van der Waals surface area contributed by atoms with Gasteiger partial charge in [-0.1, -0.05) is 26.0 Å². The van der Waals surface area contributed by atoms with E-state index >= 15 is 0 Å². The van der Waals surface area contributed by atoms with E-state index in [9.17, 15) is 4.79 Å². The van der Waals surface area contributed by atoms with Crippen LogP contribution in [0.15, 0.2) is 12.2 Å². The lowest BCUT2D eigenvalue weighted by molar-refractivity contribution is -0.138. The van der Waals surface area contributed by atoms with Crippen molar-refractivity contribution in [1.82, 2.24) is 0 Å². The van der Waals surface area contributed by atoms with Gasteiger partial charge in [-0.3, -0.25) is 4.79 Å². The van der Waals surface area contributed by atoms with Crippen molar-refractivity contribution in [3.63, 3.8) is 0 Å². The second-order valence-corrected chi connectivity index (χ2v) is 3.75. The second kappa shape index (κ2) is 7.56. The maximum Gasteiger partial charge on any atom is 0.303 e. The molecule has 3 N–H and O–H groups in total. The Morgan fingerprint density at radius 1 is 1.57 bits per heavy atom. The Hall–Kier alpha value is -0.830. The summed E-state index contributed by atoms with van der Waals surface area (Å²) in [4.78, 5) is 10.5. The Balaban J connectivity index is 3.91. The lowest BCUT2D eigenvalue weighted by Crippen LogP contribution is -2.19. The van der Waals surface area contributed by atoms with Gasteiger partial charge in [-0.25, -0.2) is 0 Å². The molecule has 0 heterocycles. The van der Waals surface area contributed by atoms with Gasteiger partial charge in [0.1, 0.15) is 0 Å². The molecule has 0 spiro atoms. The smallest absolute Gasteiger partial charge is 0.303 e. The highest BCUT2D eigenvalue weighted by Crippen LogP contribution is 2.15. The number of allylic oxidation sites excluding steroid dienone is 2. The van der Waals surface area contributed by atoms with Gasteiger partial charge in [-0.05, 0) is 31.2 Å². The van der Waals surface area contributed by atoms with Crippen molar-refractivity contribution in [2.24, 2.45) is 17.6 Å². The number of aliphatic carboxylic acids is 1. The van der Waals surface area contributed by atoms with Gasteiger partial charge in [0.25, 0.3) is 0 Å². The Morgan fingerprint density at radius 2 is 2.21 bits per heavy atom. The topological polar surface area (TPSA) is 63.3 Å². The molecular weight excluding hydrogens is 178 g/mol. The van der Waals surface area contributed by atoms with Crippen LogP contribution in [0, 0.1) is 11.8 Å². The number of carboxylic acid groups (broad SMARTS) is 1. The van der Waals surface area contributed by atoms with E-state index in [1.807, 2.05) is 0 Å².